The van der Waals surface area contributed by atoms with Gasteiger partial charge < -0.3 is 15.1 Å². The standard InChI is InChI=1S/C12H17N5O/c1-8-6-9(7-18-8)11-14-12(16-15-11)17-4-2-10(13)3-5-17/h6-7,10H,2-5,13H2,1H3,(H,14,15,16). The SMILES string of the molecule is Cc1cc(-c2nc(N3CCC(N)CC3)n[nH]2)co1. The molecule has 3 heterocycles. The number of rotatable bonds is 2. The Morgan fingerprint density at radius 3 is 2.89 bits per heavy atom. The van der Waals surface area contributed by atoms with Gasteiger partial charge in [0.25, 0.3) is 0 Å². The van der Waals surface area contributed by atoms with Crippen LogP contribution in [-0.4, -0.2) is 34.3 Å². The molecule has 0 atom stereocenters. The molecule has 0 aliphatic carbocycles. The Kier molecular flexibility index (Phi) is 2.79. The van der Waals surface area contributed by atoms with E-state index < -0.39 is 0 Å². The molecule has 0 spiro atoms. The van der Waals surface area contributed by atoms with E-state index in [4.69, 9.17) is 10.2 Å². The van der Waals surface area contributed by atoms with Gasteiger partial charge in [0.1, 0.15) is 12.0 Å². The Labute approximate surface area is 105 Å². The van der Waals surface area contributed by atoms with E-state index in [0.29, 0.717) is 6.04 Å². The summed E-state index contributed by atoms with van der Waals surface area (Å²) >= 11 is 0. The van der Waals surface area contributed by atoms with Crippen LogP contribution in [0.15, 0.2) is 16.7 Å². The largest absolute Gasteiger partial charge is 0.469 e. The van der Waals surface area contributed by atoms with Crippen molar-refractivity contribution >= 4 is 5.95 Å². The molecule has 96 valence electrons. The zero-order chi connectivity index (χ0) is 12.5. The van der Waals surface area contributed by atoms with E-state index in [1.807, 2.05) is 13.0 Å². The van der Waals surface area contributed by atoms with Crippen LogP contribution in [0.1, 0.15) is 18.6 Å². The van der Waals surface area contributed by atoms with Crippen molar-refractivity contribution in [1.82, 2.24) is 15.2 Å². The zero-order valence-electron chi connectivity index (χ0n) is 10.4. The maximum Gasteiger partial charge on any atom is 0.245 e. The number of nitrogens with zero attached hydrogens (tertiary/aromatic N) is 3. The summed E-state index contributed by atoms with van der Waals surface area (Å²) in [6, 6.07) is 2.26. The fourth-order valence-electron chi connectivity index (χ4n) is 2.19. The third-order valence-electron chi connectivity index (χ3n) is 3.30. The molecule has 1 saturated heterocycles. The van der Waals surface area contributed by atoms with E-state index >= 15 is 0 Å². The minimum Gasteiger partial charge on any atom is -0.469 e. The highest BCUT2D eigenvalue weighted by Crippen LogP contribution is 2.21. The maximum atomic E-state index is 5.89. The van der Waals surface area contributed by atoms with Gasteiger partial charge >= 0.3 is 0 Å². The predicted molar refractivity (Wildman–Crippen MR) is 68.2 cm³/mol. The number of furan rings is 1. The molecule has 0 aromatic carbocycles. The van der Waals surface area contributed by atoms with Gasteiger partial charge in [-0.1, -0.05) is 0 Å². The van der Waals surface area contributed by atoms with Gasteiger partial charge in [-0.05, 0) is 25.8 Å². The minimum absolute atomic E-state index is 0.316. The van der Waals surface area contributed by atoms with Crippen molar-refractivity contribution in [1.29, 1.82) is 0 Å². The molecule has 0 bridgehead atoms. The van der Waals surface area contributed by atoms with E-state index in [-0.39, 0.29) is 0 Å². The van der Waals surface area contributed by atoms with Crippen LogP contribution >= 0.6 is 0 Å². The molecule has 2 aromatic heterocycles. The van der Waals surface area contributed by atoms with Gasteiger partial charge in [-0.25, -0.2) is 0 Å². The van der Waals surface area contributed by atoms with Crippen LogP contribution in [0.2, 0.25) is 0 Å². The first-order valence-corrected chi connectivity index (χ1v) is 6.21. The van der Waals surface area contributed by atoms with Gasteiger partial charge in [-0.2, -0.15) is 4.98 Å². The fourth-order valence-corrected chi connectivity index (χ4v) is 2.19. The number of aromatic nitrogens is 3. The Morgan fingerprint density at radius 1 is 1.44 bits per heavy atom. The summed E-state index contributed by atoms with van der Waals surface area (Å²) in [5.74, 6) is 2.36. The Bertz CT molecular complexity index is 524. The first kappa shape index (κ1) is 11.3. The number of nitrogens with two attached hydrogens (primary N) is 1. The average Bonchev–Trinajstić information content (AvgIpc) is 2.98. The van der Waals surface area contributed by atoms with E-state index in [9.17, 15) is 0 Å². The Morgan fingerprint density at radius 2 is 2.22 bits per heavy atom. The van der Waals surface area contributed by atoms with Crippen LogP contribution < -0.4 is 10.6 Å². The molecular formula is C12H17N5O. The summed E-state index contributed by atoms with van der Waals surface area (Å²) in [5, 5.41) is 7.21. The number of anilines is 1. The van der Waals surface area contributed by atoms with Crippen molar-refractivity contribution in [2.24, 2.45) is 5.73 Å². The first-order valence-electron chi connectivity index (χ1n) is 6.21. The number of aryl methyl sites for hydroxylation is 1. The average molecular weight is 247 g/mol. The number of hydrogen-bond donors (Lipinski definition) is 2. The first-order chi connectivity index (χ1) is 8.72. The smallest absolute Gasteiger partial charge is 0.245 e. The molecule has 3 rings (SSSR count). The number of hydrogen-bond acceptors (Lipinski definition) is 5. The highest BCUT2D eigenvalue weighted by atomic mass is 16.3. The van der Waals surface area contributed by atoms with Gasteiger partial charge in [0.2, 0.25) is 5.95 Å². The van der Waals surface area contributed by atoms with Crippen LogP contribution in [0.25, 0.3) is 11.4 Å². The molecule has 0 radical (unpaired) electrons. The lowest BCUT2D eigenvalue weighted by Crippen LogP contribution is -2.40. The minimum atomic E-state index is 0.316. The summed E-state index contributed by atoms with van der Waals surface area (Å²) in [6.45, 7) is 3.75. The Balaban J connectivity index is 1.77. The lowest BCUT2D eigenvalue weighted by atomic mass is 10.1. The molecule has 1 fully saturated rings. The second kappa shape index (κ2) is 4.45. The Hall–Kier alpha value is -1.82. The third-order valence-corrected chi connectivity index (χ3v) is 3.30. The second-order valence-electron chi connectivity index (χ2n) is 4.75. The lowest BCUT2D eigenvalue weighted by Gasteiger charge is -2.28. The highest BCUT2D eigenvalue weighted by molar-refractivity contribution is 5.55. The molecule has 1 aliphatic heterocycles. The number of aromatic amines is 1. The zero-order valence-corrected chi connectivity index (χ0v) is 10.4. The maximum absolute atomic E-state index is 5.89. The highest BCUT2D eigenvalue weighted by Gasteiger charge is 2.19. The van der Waals surface area contributed by atoms with E-state index in [1.54, 1.807) is 6.26 Å². The molecule has 3 N–H and O–H groups in total. The van der Waals surface area contributed by atoms with Gasteiger partial charge in [-0.15, -0.1) is 5.10 Å². The van der Waals surface area contributed by atoms with Crippen LogP contribution in [0, 0.1) is 6.92 Å². The van der Waals surface area contributed by atoms with Gasteiger partial charge in [0.05, 0.1) is 5.56 Å². The molecule has 0 saturated carbocycles. The van der Waals surface area contributed by atoms with E-state index in [1.165, 1.54) is 0 Å². The van der Waals surface area contributed by atoms with E-state index in [2.05, 4.69) is 20.1 Å². The van der Waals surface area contributed by atoms with E-state index in [0.717, 1.165) is 49.0 Å². The molecule has 6 heteroatoms. The lowest BCUT2D eigenvalue weighted by molar-refractivity contribution is 0.496. The van der Waals surface area contributed by atoms with Crippen molar-refractivity contribution in [3.63, 3.8) is 0 Å². The quantitative estimate of drug-likeness (QED) is 0.835. The van der Waals surface area contributed by atoms with Gasteiger partial charge in [0, 0.05) is 19.1 Å². The monoisotopic (exact) mass is 247 g/mol. The second-order valence-corrected chi connectivity index (χ2v) is 4.75. The summed E-state index contributed by atoms with van der Waals surface area (Å²) in [4.78, 5) is 6.66. The number of piperidine rings is 1. The third kappa shape index (κ3) is 2.11. The fraction of sp³-hybridized carbons (Fsp3) is 0.500. The molecule has 6 nitrogen and oxygen atoms in total. The summed E-state index contributed by atoms with van der Waals surface area (Å²) in [6.07, 6.45) is 3.68. The van der Waals surface area contributed by atoms with Crippen molar-refractivity contribution in [3.05, 3.63) is 18.1 Å². The molecule has 2 aromatic rings. The molecule has 0 unspecified atom stereocenters. The van der Waals surface area contributed by atoms with Crippen molar-refractivity contribution in [2.75, 3.05) is 18.0 Å². The van der Waals surface area contributed by atoms with Gasteiger partial charge in [-0.3, -0.25) is 5.10 Å². The summed E-state index contributed by atoms with van der Waals surface area (Å²) in [7, 11) is 0. The van der Waals surface area contributed by atoms with Gasteiger partial charge in [0.15, 0.2) is 5.82 Å². The van der Waals surface area contributed by atoms with Crippen molar-refractivity contribution in [2.45, 2.75) is 25.8 Å². The number of H-pyrrole nitrogens is 1. The van der Waals surface area contributed by atoms with Crippen LogP contribution in [0.5, 0.6) is 0 Å². The van der Waals surface area contributed by atoms with Crippen LogP contribution in [0.3, 0.4) is 0 Å². The van der Waals surface area contributed by atoms with Crippen LogP contribution in [0.4, 0.5) is 5.95 Å². The molecular weight excluding hydrogens is 230 g/mol. The van der Waals surface area contributed by atoms with Crippen LogP contribution in [-0.2, 0) is 0 Å². The van der Waals surface area contributed by atoms with Crippen molar-refractivity contribution in [3.8, 4) is 11.4 Å². The number of nitrogens with one attached hydrogen (secondary N) is 1. The topological polar surface area (TPSA) is 84.0 Å². The predicted octanol–water partition coefficient (Wildman–Crippen LogP) is 1.30. The van der Waals surface area contributed by atoms with Crippen molar-refractivity contribution < 1.29 is 4.42 Å². The summed E-state index contributed by atoms with van der Waals surface area (Å²) < 4.78 is 5.27. The normalized spacial score (nSPS) is 17.3. The molecule has 1 aliphatic rings. The molecule has 0 amide bonds. The molecule has 18 heavy (non-hydrogen) atoms. The summed E-state index contributed by atoms with van der Waals surface area (Å²) in [5.41, 5.74) is 6.82.